The number of hydrogen-bond donors (Lipinski definition) is 8. The lowest BCUT2D eigenvalue weighted by Gasteiger charge is -2.24. The number of nitrogens with two attached hydrogens (primary N) is 3. The topological polar surface area (TPSA) is 287 Å². The van der Waals surface area contributed by atoms with Crippen molar-refractivity contribution in [3.63, 3.8) is 0 Å². The Kier molecular flexibility index (Phi) is 9.94. The molecule has 1 aliphatic rings. The lowest BCUT2D eigenvalue weighted by atomic mass is 10.0. The molecule has 0 radical (unpaired) electrons. The monoisotopic (exact) mass is 583 g/mol. The number of aliphatic carboxylic acids is 1. The van der Waals surface area contributed by atoms with Crippen LogP contribution in [0, 0.1) is 10.1 Å². The van der Waals surface area contributed by atoms with Crippen molar-refractivity contribution in [1.29, 1.82) is 0 Å². The highest BCUT2D eigenvalue weighted by Gasteiger charge is 2.30. The normalized spacial score (nSPS) is 17.1. The highest BCUT2D eigenvalue weighted by molar-refractivity contribution is 6.04. The molecule has 17 nitrogen and oxygen atoms in total. The Balaban J connectivity index is 2.11. The zero-order chi connectivity index (χ0) is 31.0. The first-order valence-corrected chi connectivity index (χ1v) is 12.5. The van der Waals surface area contributed by atoms with Gasteiger partial charge >= 0.3 is 5.97 Å². The zero-order valence-corrected chi connectivity index (χ0v) is 22.1. The third kappa shape index (κ3) is 8.13. The summed E-state index contributed by atoms with van der Waals surface area (Å²) in [5.74, 6) is -4.98. The number of guanidine groups is 1. The zero-order valence-electron chi connectivity index (χ0n) is 22.1. The molecule has 42 heavy (non-hydrogen) atoms. The lowest BCUT2D eigenvalue weighted by Crippen LogP contribution is -2.54. The summed E-state index contributed by atoms with van der Waals surface area (Å²) in [5, 5.41) is 31.2. The summed E-state index contributed by atoms with van der Waals surface area (Å²) in [5.41, 5.74) is 16.1. The van der Waals surface area contributed by atoms with Crippen LogP contribution >= 0.6 is 0 Å². The average molecular weight is 584 g/mol. The van der Waals surface area contributed by atoms with Gasteiger partial charge in [-0.3, -0.25) is 39.1 Å². The molecule has 0 saturated heterocycles. The van der Waals surface area contributed by atoms with Gasteiger partial charge in [0.1, 0.15) is 12.1 Å². The van der Waals surface area contributed by atoms with Crippen molar-refractivity contribution in [2.45, 2.75) is 37.9 Å². The van der Waals surface area contributed by atoms with Crippen LogP contribution in [0.1, 0.15) is 45.5 Å². The molecule has 4 amide bonds. The fraction of sp³-hybridized carbons (Fsp3) is 0.280. The van der Waals surface area contributed by atoms with Gasteiger partial charge in [-0.1, -0.05) is 6.07 Å². The summed E-state index contributed by atoms with van der Waals surface area (Å²) in [6.07, 6.45) is -0.561. The van der Waals surface area contributed by atoms with E-state index in [0.717, 1.165) is 12.1 Å². The first-order valence-electron chi connectivity index (χ1n) is 12.5. The van der Waals surface area contributed by atoms with Gasteiger partial charge in [0.2, 0.25) is 17.7 Å². The minimum atomic E-state index is -1.66. The van der Waals surface area contributed by atoms with Gasteiger partial charge in [0, 0.05) is 36.5 Å². The van der Waals surface area contributed by atoms with Crippen LogP contribution in [-0.2, 0) is 20.9 Å². The number of benzene rings is 2. The summed E-state index contributed by atoms with van der Waals surface area (Å²) >= 11 is 0. The lowest BCUT2D eigenvalue weighted by molar-refractivity contribution is -0.384. The standard InChI is InChI=1S/C25H29N9O8/c26-21(37)12-3-4-13-11-30-23(39)17(2-1-7-29-25(27)28)32-24(40)19(10-20(35)36)33-22(38)15-9-14(34(41)42)5-6-16(15)31-18(13)8-12/h3-6,8-9,17,19,31H,1-2,7,10-11H2,(H2,26,37)(H,30,39)(H,32,40)(H,33,38)(H,35,36)(H4,27,28,29)/t17-,19-/m0/s1. The van der Waals surface area contributed by atoms with Crippen LogP contribution in [0.3, 0.4) is 0 Å². The van der Waals surface area contributed by atoms with E-state index in [1.54, 1.807) is 0 Å². The number of carboxylic acid groups (broad SMARTS) is 1. The van der Waals surface area contributed by atoms with E-state index in [1.165, 1.54) is 24.3 Å². The molecule has 0 saturated carbocycles. The molecule has 0 fully saturated rings. The molecule has 0 unspecified atom stereocenters. The summed E-state index contributed by atoms with van der Waals surface area (Å²) in [4.78, 5) is 77.6. The van der Waals surface area contributed by atoms with E-state index in [-0.39, 0.29) is 54.4 Å². The Labute approximate surface area is 238 Å². The van der Waals surface area contributed by atoms with Crippen molar-refractivity contribution < 1.29 is 34.0 Å². The fourth-order valence-corrected chi connectivity index (χ4v) is 4.06. The number of fused-ring (bicyclic) bond motifs is 2. The van der Waals surface area contributed by atoms with E-state index >= 15 is 0 Å². The first kappa shape index (κ1) is 30.8. The molecule has 17 heteroatoms. The van der Waals surface area contributed by atoms with Gasteiger partial charge < -0.3 is 43.6 Å². The van der Waals surface area contributed by atoms with E-state index in [2.05, 4.69) is 26.3 Å². The second kappa shape index (κ2) is 13.6. The van der Waals surface area contributed by atoms with E-state index in [0.29, 0.717) is 5.56 Å². The second-order valence-corrected chi connectivity index (χ2v) is 9.20. The molecule has 222 valence electrons. The number of nitro benzene ring substituents is 1. The van der Waals surface area contributed by atoms with Crippen LogP contribution in [0.15, 0.2) is 41.4 Å². The second-order valence-electron chi connectivity index (χ2n) is 9.20. The van der Waals surface area contributed by atoms with Crippen molar-refractivity contribution in [2.75, 3.05) is 11.9 Å². The number of nitro groups is 1. The van der Waals surface area contributed by atoms with Crippen LogP contribution in [0.4, 0.5) is 17.1 Å². The number of amides is 4. The number of primary amides is 1. The number of rotatable bonds is 8. The molecular formula is C25H29N9O8. The Morgan fingerprint density at radius 1 is 1.00 bits per heavy atom. The Morgan fingerprint density at radius 3 is 2.38 bits per heavy atom. The van der Waals surface area contributed by atoms with Crippen LogP contribution in [0.2, 0.25) is 0 Å². The third-order valence-corrected chi connectivity index (χ3v) is 6.15. The molecule has 1 aliphatic heterocycles. The molecule has 0 aliphatic carbocycles. The van der Waals surface area contributed by atoms with Crippen LogP contribution in [0.25, 0.3) is 0 Å². The van der Waals surface area contributed by atoms with Crippen molar-refractivity contribution in [3.05, 3.63) is 63.2 Å². The maximum absolute atomic E-state index is 13.4. The quantitative estimate of drug-likeness (QED) is 0.0624. The smallest absolute Gasteiger partial charge is 0.305 e. The largest absolute Gasteiger partial charge is 0.481 e. The summed E-state index contributed by atoms with van der Waals surface area (Å²) < 4.78 is 0. The van der Waals surface area contributed by atoms with E-state index in [1.807, 2.05) is 0 Å². The molecule has 3 rings (SSSR count). The van der Waals surface area contributed by atoms with Crippen molar-refractivity contribution >= 4 is 52.6 Å². The maximum Gasteiger partial charge on any atom is 0.305 e. The van der Waals surface area contributed by atoms with Gasteiger partial charge in [0.05, 0.1) is 22.6 Å². The number of aliphatic imine (C=N–C) groups is 1. The number of nitrogens with one attached hydrogen (secondary N) is 4. The van der Waals surface area contributed by atoms with Gasteiger partial charge in [-0.05, 0) is 36.6 Å². The van der Waals surface area contributed by atoms with E-state index in [4.69, 9.17) is 17.2 Å². The summed E-state index contributed by atoms with van der Waals surface area (Å²) in [6, 6.07) is 4.77. The fourth-order valence-electron chi connectivity index (χ4n) is 4.06. The number of nitrogens with zero attached hydrogens (tertiary/aromatic N) is 2. The number of carbonyl (C=O) groups excluding carboxylic acids is 4. The van der Waals surface area contributed by atoms with E-state index < -0.39 is 58.7 Å². The summed E-state index contributed by atoms with van der Waals surface area (Å²) in [7, 11) is 0. The molecule has 0 aromatic heterocycles. The molecule has 1 heterocycles. The van der Waals surface area contributed by atoms with Crippen molar-refractivity contribution in [1.82, 2.24) is 16.0 Å². The molecule has 0 spiro atoms. The van der Waals surface area contributed by atoms with Crippen LogP contribution in [-0.4, -0.2) is 64.2 Å². The van der Waals surface area contributed by atoms with Crippen molar-refractivity contribution in [3.8, 4) is 0 Å². The molecular weight excluding hydrogens is 554 g/mol. The number of carboxylic acids is 1. The minimum absolute atomic E-state index is 0.0245. The van der Waals surface area contributed by atoms with Gasteiger partial charge in [-0.15, -0.1) is 0 Å². The Hall–Kier alpha value is -5.74. The Bertz CT molecular complexity index is 1460. The molecule has 0 bridgehead atoms. The number of hydrogen-bond acceptors (Lipinski definition) is 9. The van der Waals surface area contributed by atoms with E-state index in [9.17, 15) is 39.2 Å². The third-order valence-electron chi connectivity index (χ3n) is 6.15. The predicted molar refractivity (Wildman–Crippen MR) is 149 cm³/mol. The first-order chi connectivity index (χ1) is 19.8. The predicted octanol–water partition coefficient (Wildman–Crippen LogP) is -0.821. The average Bonchev–Trinajstić information content (AvgIpc) is 2.92. The van der Waals surface area contributed by atoms with Gasteiger partial charge in [0.25, 0.3) is 11.6 Å². The van der Waals surface area contributed by atoms with Gasteiger partial charge in [0.15, 0.2) is 5.96 Å². The van der Waals surface area contributed by atoms with Gasteiger partial charge in [-0.2, -0.15) is 0 Å². The number of carbonyl (C=O) groups is 5. The Morgan fingerprint density at radius 2 is 1.74 bits per heavy atom. The van der Waals surface area contributed by atoms with Gasteiger partial charge in [-0.25, -0.2) is 0 Å². The molecule has 11 N–H and O–H groups in total. The highest BCUT2D eigenvalue weighted by atomic mass is 16.6. The van der Waals surface area contributed by atoms with Crippen LogP contribution < -0.4 is 38.5 Å². The number of non-ortho nitro benzene ring substituents is 1. The molecule has 2 aromatic carbocycles. The molecule has 2 aromatic rings. The summed E-state index contributed by atoms with van der Waals surface area (Å²) in [6.45, 7) is 0.0169. The SMILES string of the molecule is NC(=O)c1ccc2c(c1)Nc1ccc([N+](=O)[O-])cc1C(=O)N[C@@H](CC(=O)O)C(=O)N[C@@H](CCCN=C(N)N)C(=O)NC2. The van der Waals surface area contributed by atoms with Crippen LogP contribution in [0.5, 0.6) is 0 Å². The molecule has 2 atom stereocenters. The maximum atomic E-state index is 13.4. The number of anilines is 2. The highest BCUT2D eigenvalue weighted by Crippen LogP contribution is 2.28. The minimum Gasteiger partial charge on any atom is -0.481 e. The van der Waals surface area contributed by atoms with Crippen molar-refractivity contribution in [2.24, 2.45) is 22.2 Å².